The van der Waals surface area contributed by atoms with Crippen LogP contribution in [0.15, 0.2) is 18.2 Å². The van der Waals surface area contributed by atoms with Crippen LogP contribution in [0.1, 0.15) is 40.2 Å². The van der Waals surface area contributed by atoms with Crippen molar-refractivity contribution in [3.05, 3.63) is 40.7 Å². The van der Waals surface area contributed by atoms with Gasteiger partial charge in [0, 0.05) is 19.0 Å². The summed E-state index contributed by atoms with van der Waals surface area (Å²) < 4.78 is 7.31. The van der Waals surface area contributed by atoms with Crippen LogP contribution in [0.2, 0.25) is 0 Å². The Hall–Kier alpha value is -2.63. The zero-order chi connectivity index (χ0) is 17.3. The van der Waals surface area contributed by atoms with Gasteiger partial charge in [0.15, 0.2) is 12.4 Å². The predicted molar refractivity (Wildman–Crippen MR) is 90.5 cm³/mol. The number of hydrogen-bond donors (Lipinski definition) is 1. The van der Waals surface area contributed by atoms with Gasteiger partial charge in [-0.1, -0.05) is 0 Å². The van der Waals surface area contributed by atoms with Crippen molar-refractivity contribution in [2.24, 2.45) is 7.05 Å². The summed E-state index contributed by atoms with van der Waals surface area (Å²) in [6.45, 7) is 3.67. The Morgan fingerprint density at radius 1 is 1.33 bits per heavy atom. The Balaban J connectivity index is 1.63. The minimum Gasteiger partial charge on any atom is -0.484 e. The molecule has 1 heterocycles. The summed E-state index contributed by atoms with van der Waals surface area (Å²) in [5, 5.41) is 7.10. The molecule has 0 bridgehead atoms. The van der Waals surface area contributed by atoms with Gasteiger partial charge in [0.1, 0.15) is 5.75 Å². The fourth-order valence-corrected chi connectivity index (χ4v) is 2.99. The highest BCUT2D eigenvalue weighted by Gasteiger charge is 2.18. The topological polar surface area (TPSA) is 73.2 Å². The van der Waals surface area contributed by atoms with E-state index in [1.807, 2.05) is 27.0 Å². The number of aromatic nitrogens is 2. The summed E-state index contributed by atoms with van der Waals surface area (Å²) >= 11 is 0. The highest BCUT2D eigenvalue weighted by atomic mass is 16.5. The van der Waals surface area contributed by atoms with Gasteiger partial charge >= 0.3 is 0 Å². The second-order valence-corrected chi connectivity index (χ2v) is 6.10. The molecular formula is C18H21N3O3. The monoisotopic (exact) mass is 327 g/mol. The van der Waals surface area contributed by atoms with E-state index >= 15 is 0 Å². The van der Waals surface area contributed by atoms with E-state index in [0.717, 1.165) is 41.0 Å². The number of carbonyl (C=O) groups is 2. The first-order valence-corrected chi connectivity index (χ1v) is 8.04. The van der Waals surface area contributed by atoms with Gasteiger partial charge in [-0.25, -0.2) is 0 Å². The zero-order valence-corrected chi connectivity index (χ0v) is 14.2. The van der Waals surface area contributed by atoms with Gasteiger partial charge in [0.2, 0.25) is 0 Å². The number of aryl methyl sites for hydroxylation is 3. The largest absolute Gasteiger partial charge is 0.484 e. The van der Waals surface area contributed by atoms with Crippen molar-refractivity contribution in [1.29, 1.82) is 0 Å². The molecule has 0 aliphatic heterocycles. The number of amides is 1. The van der Waals surface area contributed by atoms with Gasteiger partial charge in [-0.05, 0) is 50.5 Å². The second kappa shape index (κ2) is 6.47. The molecule has 0 saturated carbocycles. The van der Waals surface area contributed by atoms with E-state index < -0.39 is 0 Å². The number of nitrogens with one attached hydrogen (secondary N) is 1. The fraction of sp³-hybridized carbons (Fsp3) is 0.389. The van der Waals surface area contributed by atoms with Crippen molar-refractivity contribution >= 4 is 17.4 Å². The fourth-order valence-electron chi connectivity index (χ4n) is 2.99. The molecule has 0 radical (unpaired) electrons. The lowest BCUT2D eigenvalue weighted by Crippen LogP contribution is -2.21. The van der Waals surface area contributed by atoms with Crippen molar-refractivity contribution in [3.8, 4) is 5.75 Å². The molecule has 6 nitrogen and oxygen atoms in total. The number of ether oxygens (including phenoxy) is 1. The molecule has 0 fully saturated rings. The van der Waals surface area contributed by atoms with Crippen LogP contribution in [0.4, 0.5) is 5.69 Å². The quantitative estimate of drug-likeness (QED) is 0.937. The summed E-state index contributed by atoms with van der Waals surface area (Å²) in [6, 6.07) is 5.40. The number of benzene rings is 1. The third-order valence-electron chi connectivity index (χ3n) is 4.37. The molecule has 0 unspecified atom stereocenters. The number of fused-ring (bicyclic) bond motifs is 1. The van der Waals surface area contributed by atoms with Crippen LogP contribution in [0, 0.1) is 13.8 Å². The number of carbonyl (C=O) groups excluding carboxylic acids is 2. The van der Waals surface area contributed by atoms with Gasteiger partial charge in [0.05, 0.1) is 17.1 Å². The molecule has 1 aliphatic rings. The van der Waals surface area contributed by atoms with Crippen LogP contribution < -0.4 is 10.1 Å². The maximum absolute atomic E-state index is 12.1. The molecule has 1 N–H and O–H groups in total. The molecule has 1 aromatic heterocycles. The van der Waals surface area contributed by atoms with Crippen molar-refractivity contribution in [2.45, 2.75) is 33.1 Å². The summed E-state index contributed by atoms with van der Waals surface area (Å²) in [5.41, 5.74) is 4.17. The van der Waals surface area contributed by atoms with E-state index in [1.54, 1.807) is 16.8 Å². The highest BCUT2D eigenvalue weighted by molar-refractivity contribution is 5.98. The van der Waals surface area contributed by atoms with Crippen molar-refractivity contribution in [1.82, 2.24) is 9.78 Å². The molecule has 0 spiro atoms. The maximum Gasteiger partial charge on any atom is 0.262 e. The van der Waals surface area contributed by atoms with E-state index in [9.17, 15) is 9.59 Å². The number of rotatable bonds is 4. The summed E-state index contributed by atoms with van der Waals surface area (Å²) in [6.07, 6.45) is 2.35. The minimum atomic E-state index is -0.233. The average molecular weight is 327 g/mol. The van der Waals surface area contributed by atoms with Gasteiger partial charge in [-0.3, -0.25) is 14.3 Å². The van der Waals surface area contributed by atoms with Crippen molar-refractivity contribution in [3.63, 3.8) is 0 Å². The Morgan fingerprint density at radius 2 is 2.12 bits per heavy atom. The molecule has 6 heteroatoms. The lowest BCUT2D eigenvalue weighted by atomic mass is 9.91. The number of Topliss-reactive ketones (excluding diaryl/α,β-unsaturated/α-hetero) is 1. The first kappa shape index (κ1) is 16.2. The van der Waals surface area contributed by atoms with E-state index in [1.165, 1.54) is 0 Å². The molecule has 1 aliphatic carbocycles. The van der Waals surface area contributed by atoms with Crippen LogP contribution in [0.25, 0.3) is 0 Å². The molecular weight excluding hydrogens is 306 g/mol. The van der Waals surface area contributed by atoms with Gasteiger partial charge in [-0.15, -0.1) is 0 Å². The molecule has 0 saturated heterocycles. The SMILES string of the molecule is Cc1nn(C)c(C)c1NC(=O)COc1ccc2c(c1)CCCC2=O. The van der Waals surface area contributed by atoms with E-state index in [-0.39, 0.29) is 18.3 Å². The summed E-state index contributed by atoms with van der Waals surface area (Å²) in [7, 11) is 1.84. The molecule has 1 aromatic carbocycles. The maximum atomic E-state index is 12.1. The van der Waals surface area contributed by atoms with Crippen LogP contribution in [0.3, 0.4) is 0 Å². The van der Waals surface area contributed by atoms with Gasteiger partial charge in [0.25, 0.3) is 5.91 Å². The number of ketones is 1. The molecule has 2 aromatic rings. The second-order valence-electron chi connectivity index (χ2n) is 6.10. The van der Waals surface area contributed by atoms with Crippen LogP contribution in [-0.2, 0) is 18.3 Å². The van der Waals surface area contributed by atoms with Gasteiger partial charge in [-0.2, -0.15) is 5.10 Å². The van der Waals surface area contributed by atoms with E-state index in [0.29, 0.717) is 12.2 Å². The smallest absolute Gasteiger partial charge is 0.262 e. The Labute approximate surface area is 140 Å². The molecule has 126 valence electrons. The van der Waals surface area contributed by atoms with E-state index in [2.05, 4.69) is 10.4 Å². The van der Waals surface area contributed by atoms with Crippen molar-refractivity contribution < 1.29 is 14.3 Å². The Bertz CT molecular complexity index is 808. The van der Waals surface area contributed by atoms with Crippen LogP contribution >= 0.6 is 0 Å². The molecule has 3 rings (SSSR count). The predicted octanol–water partition coefficient (Wildman–Crippen LogP) is 2.57. The van der Waals surface area contributed by atoms with Crippen molar-refractivity contribution in [2.75, 3.05) is 11.9 Å². The van der Waals surface area contributed by atoms with Gasteiger partial charge < -0.3 is 10.1 Å². The first-order valence-electron chi connectivity index (χ1n) is 8.04. The average Bonchev–Trinajstić information content (AvgIpc) is 2.79. The number of nitrogens with zero attached hydrogens (tertiary/aromatic N) is 2. The standard InChI is InChI=1S/C18H21N3O3/c1-11-18(12(2)21(3)20-11)19-17(23)10-24-14-7-8-15-13(9-14)5-4-6-16(15)22/h7-9H,4-6,10H2,1-3H3,(H,19,23). The summed E-state index contributed by atoms with van der Waals surface area (Å²) in [5.74, 6) is 0.560. The van der Waals surface area contributed by atoms with Crippen LogP contribution in [-0.4, -0.2) is 28.1 Å². The minimum absolute atomic E-state index is 0.0828. The highest BCUT2D eigenvalue weighted by Crippen LogP contribution is 2.25. The summed E-state index contributed by atoms with van der Waals surface area (Å²) in [4.78, 5) is 23.9. The zero-order valence-electron chi connectivity index (χ0n) is 14.2. The third kappa shape index (κ3) is 3.18. The van der Waals surface area contributed by atoms with E-state index in [4.69, 9.17) is 4.74 Å². The number of hydrogen-bond acceptors (Lipinski definition) is 4. The normalized spacial score (nSPS) is 13.5. The lowest BCUT2D eigenvalue weighted by Gasteiger charge is -2.16. The number of anilines is 1. The van der Waals surface area contributed by atoms with Crippen LogP contribution in [0.5, 0.6) is 5.75 Å². The third-order valence-corrected chi connectivity index (χ3v) is 4.37. The lowest BCUT2D eigenvalue weighted by molar-refractivity contribution is -0.118. The Kier molecular flexibility index (Phi) is 4.38. The molecule has 1 amide bonds. The Morgan fingerprint density at radius 3 is 2.83 bits per heavy atom. The molecule has 0 atom stereocenters. The molecule has 24 heavy (non-hydrogen) atoms. The first-order chi connectivity index (χ1) is 11.5.